The third kappa shape index (κ3) is 3.57. The Balaban J connectivity index is 3.82. The van der Waals surface area contributed by atoms with Crippen LogP contribution in [0.4, 0.5) is 0 Å². The number of thiol groups is 3. The molecule has 0 aliphatic carbocycles. The first kappa shape index (κ1) is 11.2. The summed E-state index contributed by atoms with van der Waals surface area (Å²) >= 11 is 12.8. The van der Waals surface area contributed by atoms with Crippen LogP contribution in [-0.4, -0.2) is 26.4 Å². The lowest BCUT2D eigenvalue weighted by Crippen LogP contribution is -2.30. The minimum absolute atomic E-state index is 0.130. The smallest absolute Gasteiger partial charge is 0.166 e. The van der Waals surface area contributed by atoms with Gasteiger partial charge in [-0.1, -0.05) is 0 Å². The maximum absolute atomic E-state index is 5.26. The molecule has 0 bridgehead atoms. The summed E-state index contributed by atoms with van der Waals surface area (Å²) in [4.78, 5) is 0. The van der Waals surface area contributed by atoms with E-state index in [0.29, 0.717) is 6.61 Å². The first-order chi connectivity index (χ1) is 4.54. The van der Waals surface area contributed by atoms with Crippen molar-refractivity contribution in [2.45, 2.75) is 22.5 Å². The zero-order chi connectivity index (χ0) is 8.20. The van der Waals surface area contributed by atoms with Gasteiger partial charge in [-0.25, -0.2) is 0 Å². The van der Waals surface area contributed by atoms with Gasteiger partial charge in [-0.2, -0.15) is 12.6 Å². The van der Waals surface area contributed by atoms with Crippen LogP contribution in [-0.2, 0) is 4.74 Å². The van der Waals surface area contributed by atoms with Gasteiger partial charge < -0.3 is 4.74 Å². The van der Waals surface area contributed by atoms with Crippen molar-refractivity contribution in [1.82, 2.24) is 0 Å². The molecule has 1 atom stereocenters. The molecule has 0 radical (unpaired) electrons. The van der Waals surface area contributed by atoms with Crippen molar-refractivity contribution in [2.24, 2.45) is 0 Å². The van der Waals surface area contributed by atoms with E-state index < -0.39 is 4.27 Å². The van der Waals surface area contributed by atoms with Gasteiger partial charge >= 0.3 is 0 Å². The Morgan fingerprint density at radius 3 is 2.40 bits per heavy atom. The molecule has 0 aromatic carbocycles. The van der Waals surface area contributed by atoms with Gasteiger partial charge in [0.05, 0.1) is 0 Å². The first-order valence-electron chi connectivity index (χ1n) is 3.31. The third-order valence-electron chi connectivity index (χ3n) is 1.18. The van der Waals surface area contributed by atoms with Crippen LogP contribution in [0.25, 0.3) is 0 Å². The average Bonchev–Trinajstić information content (AvgIpc) is 1.86. The summed E-state index contributed by atoms with van der Waals surface area (Å²) in [5, 5.41) is 0.130. The highest BCUT2D eigenvalue weighted by Crippen LogP contribution is 2.30. The van der Waals surface area contributed by atoms with Crippen LogP contribution >= 0.6 is 37.9 Å². The van der Waals surface area contributed by atoms with Gasteiger partial charge in [-0.05, 0) is 13.0 Å². The van der Waals surface area contributed by atoms with Crippen molar-refractivity contribution in [2.75, 3.05) is 6.61 Å². The lowest BCUT2D eigenvalue weighted by Gasteiger charge is -2.27. The molecule has 0 aromatic heterocycles. The summed E-state index contributed by atoms with van der Waals surface area (Å²) in [5.74, 6) is 0. The van der Waals surface area contributed by atoms with Crippen LogP contribution in [0.1, 0.15) is 6.92 Å². The fourth-order valence-electron chi connectivity index (χ4n) is 0.575. The number of ether oxygens (including phenoxy) is 1. The fourth-order valence-corrected chi connectivity index (χ4v) is 2.53. The summed E-state index contributed by atoms with van der Waals surface area (Å²) in [6, 6.07) is 1.04. The van der Waals surface area contributed by atoms with E-state index in [4.69, 9.17) is 4.74 Å². The standard InChI is InChI=1S/C5H14OS3Si/c1-2-6-5(8,9)4(7)3-10/h4,7-9H,2-3H2,1,10H3. The van der Waals surface area contributed by atoms with E-state index in [0.717, 1.165) is 16.3 Å². The van der Waals surface area contributed by atoms with E-state index >= 15 is 0 Å². The second kappa shape index (κ2) is 4.98. The van der Waals surface area contributed by atoms with Gasteiger partial charge in [0.1, 0.15) is 0 Å². The van der Waals surface area contributed by atoms with Gasteiger partial charge in [0.2, 0.25) is 0 Å². The Morgan fingerprint density at radius 1 is 1.60 bits per heavy atom. The Morgan fingerprint density at radius 2 is 2.10 bits per heavy atom. The van der Waals surface area contributed by atoms with Crippen LogP contribution < -0.4 is 0 Å². The van der Waals surface area contributed by atoms with Crippen molar-refractivity contribution in [3.05, 3.63) is 0 Å². The second-order valence-electron chi connectivity index (χ2n) is 2.02. The van der Waals surface area contributed by atoms with Crippen LogP contribution in [0.2, 0.25) is 6.04 Å². The second-order valence-corrected chi connectivity index (χ2v) is 5.14. The van der Waals surface area contributed by atoms with Crippen LogP contribution in [0, 0.1) is 0 Å². The Kier molecular flexibility index (Phi) is 5.59. The Bertz CT molecular complexity index is 98.9. The van der Waals surface area contributed by atoms with Gasteiger partial charge in [-0.15, -0.1) is 25.3 Å². The Labute approximate surface area is 81.9 Å². The molecule has 0 rings (SSSR count). The summed E-state index contributed by atoms with van der Waals surface area (Å²) in [7, 11) is 1.11. The summed E-state index contributed by atoms with van der Waals surface area (Å²) in [5.41, 5.74) is 0. The van der Waals surface area contributed by atoms with E-state index in [1.165, 1.54) is 0 Å². The molecule has 0 saturated carbocycles. The van der Waals surface area contributed by atoms with Gasteiger partial charge in [-0.3, -0.25) is 0 Å². The van der Waals surface area contributed by atoms with E-state index in [1.807, 2.05) is 6.92 Å². The molecule has 10 heavy (non-hydrogen) atoms. The first-order valence-corrected chi connectivity index (χ1v) is 6.13. The molecule has 0 saturated heterocycles. The minimum atomic E-state index is -0.653. The van der Waals surface area contributed by atoms with E-state index in [9.17, 15) is 0 Å². The molecule has 0 aliphatic heterocycles. The Hall–Kier alpha value is 1.23. The third-order valence-corrected chi connectivity index (χ3v) is 4.70. The van der Waals surface area contributed by atoms with Crippen molar-refractivity contribution < 1.29 is 4.74 Å². The topological polar surface area (TPSA) is 9.23 Å². The molecule has 0 spiro atoms. The van der Waals surface area contributed by atoms with Crippen LogP contribution in [0.5, 0.6) is 0 Å². The van der Waals surface area contributed by atoms with Crippen LogP contribution in [0.3, 0.4) is 0 Å². The maximum atomic E-state index is 5.26. The zero-order valence-corrected chi connectivity index (χ0v) is 10.9. The average molecular weight is 214 g/mol. The molecule has 62 valence electrons. The molecule has 5 heteroatoms. The van der Waals surface area contributed by atoms with Gasteiger partial charge in [0, 0.05) is 22.1 Å². The predicted molar refractivity (Wildman–Crippen MR) is 59.8 cm³/mol. The van der Waals surface area contributed by atoms with Crippen molar-refractivity contribution in [3.63, 3.8) is 0 Å². The van der Waals surface area contributed by atoms with Crippen molar-refractivity contribution in [3.8, 4) is 0 Å². The highest BCUT2D eigenvalue weighted by molar-refractivity contribution is 8.01. The van der Waals surface area contributed by atoms with Gasteiger partial charge in [0.15, 0.2) is 4.27 Å². The SMILES string of the molecule is CCOC(S)(S)C(S)C[SiH3]. The lowest BCUT2D eigenvalue weighted by atomic mass is 10.5. The van der Waals surface area contributed by atoms with E-state index in [-0.39, 0.29) is 5.25 Å². The molecule has 0 N–H and O–H groups in total. The number of rotatable bonds is 4. The molecule has 0 aromatic rings. The summed E-state index contributed by atoms with van der Waals surface area (Å²) in [6.07, 6.45) is 0. The summed E-state index contributed by atoms with van der Waals surface area (Å²) in [6.45, 7) is 2.56. The predicted octanol–water partition coefficient (Wildman–Crippen LogP) is 0.618. The molecule has 1 unspecified atom stereocenters. The normalized spacial score (nSPS) is 15.6. The molecular weight excluding hydrogens is 200 g/mol. The monoisotopic (exact) mass is 214 g/mol. The maximum Gasteiger partial charge on any atom is 0.166 e. The quantitative estimate of drug-likeness (QED) is 0.353. The van der Waals surface area contributed by atoms with Crippen LogP contribution in [0.15, 0.2) is 0 Å². The minimum Gasteiger partial charge on any atom is -0.355 e. The molecule has 0 amide bonds. The molecule has 0 aliphatic rings. The number of hydrogen-bond donors (Lipinski definition) is 3. The van der Waals surface area contributed by atoms with Crippen molar-refractivity contribution >= 4 is 48.1 Å². The lowest BCUT2D eigenvalue weighted by molar-refractivity contribution is 0.105. The van der Waals surface area contributed by atoms with E-state index in [1.54, 1.807) is 0 Å². The molecule has 0 heterocycles. The fraction of sp³-hybridized carbons (Fsp3) is 1.00. The van der Waals surface area contributed by atoms with Crippen molar-refractivity contribution in [1.29, 1.82) is 0 Å². The highest BCUT2D eigenvalue weighted by atomic mass is 32.2. The zero-order valence-electron chi connectivity index (χ0n) is 6.24. The summed E-state index contributed by atoms with van der Waals surface area (Å²) < 4.78 is 4.60. The van der Waals surface area contributed by atoms with E-state index in [2.05, 4.69) is 37.9 Å². The highest BCUT2D eigenvalue weighted by Gasteiger charge is 2.27. The number of hydrogen-bond acceptors (Lipinski definition) is 4. The molecular formula is C5H14OS3Si. The molecule has 0 fully saturated rings. The largest absolute Gasteiger partial charge is 0.355 e. The molecule has 1 nitrogen and oxygen atoms in total. The van der Waals surface area contributed by atoms with Gasteiger partial charge in [0.25, 0.3) is 0 Å².